The van der Waals surface area contributed by atoms with Crippen LogP contribution in [0.15, 0.2) is 29.8 Å². The highest BCUT2D eigenvalue weighted by Gasteiger charge is 2.68. The van der Waals surface area contributed by atoms with Crippen molar-refractivity contribution in [2.45, 2.75) is 82.7 Å². The molecule has 0 saturated heterocycles. The number of fused-ring (bicyclic) bond motifs is 4. The Morgan fingerprint density at radius 2 is 2.03 bits per heavy atom. The summed E-state index contributed by atoms with van der Waals surface area (Å²) in [5.74, 6) is 3.30. The summed E-state index contributed by atoms with van der Waals surface area (Å²) in [4.78, 5) is 12.5. The van der Waals surface area contributed by atoms with Gasteiger partial charge in [0.1, 0.15) is 5.75 Å². The Balaban J connectivity index is 1.51. The third kappa shape index (κ3) is 2.86. The molecule has 5 aliphatic carbocycles. The van der Waals surface area contributed by atoms with Crippen LogP contribution in [0.4, 0.5) is 0 Å². The molecule has 2 unspecified atom stereocenters. The number of benzene rings is 1. The molecule has 1 aromatic rings. The summed E-state index contributed by atoms with van der Waals surface area (Å²) in [5, 5.41) is 21.5. The summed E-state index contributed by atoms with van der Waals surface area (Å²) in [5.41, 5.74) is 3.52. The van der Waals surface area contributed by atoms with Gasteiger partial charge < -0.3 is 14.9 Å². The monoisotopic (exact) mass is 450 g/mol. The van der Waals surface area contributed by atoms with Crippen LogP contribution in [0.3, 0.4) is 0 Å². The first-order valence-electron chi connectivity index (χ1n) is 13.1. The van der Waals surface area contributed by atoms with Crippen molar-refractivity contribution in [2.24, 2.45) is 28.6 Å². The topological polar surface area (TPSA) is 66.8 Å². The maximum atomic E-state index is 12.5. The SMILES string of the molecule is COc1ccc2c(c1)C[C@]13CCC(=O)C=C1CC[C@@H]1C3C2C[C@@]2(C)[C@@H]1CC[C@]2(O)CCCO. The van der Waals surface area contributed by atoms with Gasteiger partial charge in [-0.2, -0.15) is 0 Å². The molecule has 3 fully saturated rings. The molecule has 2 N–H and O–H groups in total. The first kappa shape index (κ1) is 21.9. The third-order valence-electron chi connectivity index (χ3n) is 11.0. The summed E-state index contributed by atoms with van der Waals surface area (Å²) in [7, 11) is 1.74. The van der Waals surface area contributed by atoms with Crippen molar-refractivity contribution in [3.63, 3.8) is 0 Å². The standard InChI is InChI=1S/C29H38O4/c1-27-17-24-22-7-5-21(33-2)14-18(22)16-28-11-8-20(31)15-19(28)4-6-23(26(24)28)25(27)9-12-29(27,32)10-3-13-30/h5,7,14-15,23-26,30,32H,3-4,6,8-13,16-17H2,1-2H3/t23-,24?,25+,26?,27-,28+,29+/m0/s1. The van der Waals surface area contributed by atoms with Gasteiger partial charge in [0.2, 0.25) is 0 Å². The predicted molar refractivity (Wildman–Crippen MR) is 127 cm³/mol. The minimum Gasteiger partial charge on any atom is -0.497 e. The molecular formula is C29H38O4. The molecule has 1 aromatic carbocycles. The first-order valence-corrected chi connectivity index (χ1v) is 13.1. The number of ketones is 1. The quantitative estimate of drug-likeness (QED) is 0.680. The Morgan fingerprint density at radius 1 is 1.18 bits per heavy atom. The molecule has 0 aliphatic heterocycles. The zero-order chi connectivity index (χ0) is 23.0. The van der Waals surface area contributed by atoms with E-state index in [0.717, 1.165) is 50.7 Å². The molecule has 0 radical (unpaired) electrons. The fourth-order valence-corrected chi connectivity index (χ4v) is 9.59. The van der Waals surface area contributed by atoms with E-state index in [1.54, 1.807) is 7.11 Å². The van der Waals surface area contributed by atoms with E-state index >= 15 is 0 Å². The van der Waals surface area contributed by atoms with Gasteiger partial charge in [0.15, 0.2) is 5.78 Å². The Morgan fingerprint density at radius 3 is 2.82 bits per heavy atom. The van der Waals surface area contributed by atoms with Crippen LogP contribution < -0.4 is 4.74 Å². The van der Waals surface area contributed by atoms with Gasteiger partial charge in [0.25, 0.3) is 0 Å². The van der Waals surface area contributed by atoms with Gasteiger partial charge in [-0.3, -0.25) is 4.79 Å². The normalized spacial score (nSPS) is 43.2. The van der Waals surface area contributed by atoms with E-state index in [2.05, 4.69) is 25.1 Å². The molecule has 0 bridgehead atoms. The van der Waals surface area contributed by atoms with Gasteiger partial charge in [-0.1, -0.05) is 18.6 Å². The van der Waals surface area contributed by atoms with Gasteiger partial charge in [0, 0.05) is 13.0 Å². The molecule has 6 rings (SSSR count). The number of aliphatic hydroxyl groups excluding tert-OH is 1. The molecule has 3 saturated carbocycles. The number of aliphatic hydroxyl groups is 2. The van der Waals surface area contributed by atoms with E-state index in [1.165, 1.54) is 16.7 Å². The van der Waals surface area contributed by atoms with Gasteiger partial charge in [-0.15, -0.1) is 0 Å². The minimum atomic E-state index is -0.693. The average Bonchev–Trinajstić information content (AvgIpc) is 3.08. The lowest BCUT2D eigenvalue weighted by molar-refractivity contribution is -0.146. The molecule has 33 heavy (non-hydrogen) atoms. The van der Waals surface area contributed by atoms with Crippen molar-refractivity contribution < 1.29 is 19.7 Å². The van der Waals surface area contributed by atoms with Crippen LogP contribution in [0, 0.1) is 28.6 Å². The molecule has 0 heterocycles. The van der Waals surface area contributed by atoms with E-state index in [0.29, 0.717) is 48.7 Å². The number of ether oxygens (including phenoxy) is 1. The van der Waals surface area contributed by atoms with Crippen LogP contribution in [0.5, 0.6) is 5.75 Å². The predicted octanol–water partition coefficient (Wildman–Crippen LogP) is 4.96. The van der Waals surface area contributed by atoms with Crippen molar-refractivity contribution in [1.82, 2.24) is 0 Å². The van der Waals surface area contributed by atoms with Crippen molar-refractivity contribution in [2.75, 3.05) is 13.7 Å². The number of allylic oxidation sites excluding steroid dienone is 1. The number of hydrogen-bond donors (Lipinski definition) is 2. The van der Waals surface area contributed by atoms with Gasteiger partial charge in [0.05, 0.1) is 12.7 Å². The second-order valence-electron chi connectivity index (χ2n) is 12.0. The van der Waals surface area contributed by atoms with Crippen LogP contribution in [0.25, 0.3) is 0 Å². The highest BCUT2D eigenvalue weighted by atomic mass is 16.5. The first-order chi connectivity index (χ1) is 15.8. The molecule has 4 heteroatoms. The highest BCUT2D eigenvalue weighted by molar-refractivity contribution is 5.91. The third-order valence-corrected chi connectivity index (χ3v) is 11.0. The molecule has 0 aromatic heterocycles. The van der Waals surface area contributed by atoms with E-state index < -0.39 is 5.60 Å². The molecule has 1 spiro atoms. The smallest absolute Gasteiger partial charge is 0.155 e. The molecule has 5 aliphatic rings. The van der Waals surface area contributed by atoms with Gasteiger partial charge in [-0.25, -0.2) is 0 Å². The number of methoxy groups -OCH3 is 1. The van der Waals surface area contributed by atoms with Gasteiger partial charge >= 0.3 is 0 Å². The Labute approximate surface area is 197 Å². The molecule has 7 atom stereocenters. The summed E-state index contributed by atoms with van der Waals surface area (Å²) >= 11 is 0. The summed E-state index contributed by atoms with van der Waals surface area (Å²) < 4.78 is 5.61. The second-order valence-corrected chi connectivity index (χ2v) is 12.0. The summed E-state index contributed by atoms with van der Waals surface area (Å²) in [6.07, 6.45) is 11.2. The molecular weight excluding hydrogens is 412 g/mol. The van der Waals surface area contributed by atoms with Crippen LogP contribution in [-0.4, -0.2) is 35.3 Å². The zero-order valence-corrected chi connectivity index (χ0v) is 20.1. The maximum Gasteiger partial charge on any atom is 0.155 e. The number of hydrogen-bond acceptors (Lipinski definition) is 4. The van der Waals surface area contributed by atoms with E-state index in [1.807, 2.05) is 6.08 Å². The maximum absolute atomic E-state index is 12.5. The van der Waals surface area contributed by atoms with Crippen molar-refractivity contribution in [1.29, 1.82) is 0 Å². The van der Waals surface area contributed by atoms with Crippen molar-refractivity contribution in [3.05, 3.63) is 41.0 Å². The fraction of sp³-hybridized carbons (Fsp3) is 0.690. The number of carbonyl (C=O) groups excluding carboxylic acids is 1. The molecule has 4 nitrogen and oxygen atoms in total. The lowest BCUT2D eigenvalue weighted by atomic mass is 9.39. The zero-order valence-electron chi connectivity index (χ0n) is 20.1. The molecule has 178 valence electrons. The van der Waals surface area contributed by atoms with Crippen LogP contribution in [0.2, 0.25) is 0 Å². The largest absolute Gasteiger partial charge is 0.497 e. The Hall–Kier alpha value is -1.65. The van der Waals surface area contributed by atoms with Crippen LogP contribution in [-0.2, 0) is 11.2 Å². The van der Waals surface area contributed by atoms with Crippen LogP contribution >= 0.6 is 0 Å². The lowest BCUT2D eigenvalue weighted by Gasteiger charge is -2.65. The van der Waals surface area contributed by atoms with Crippen molar-refractivity contribution in [3.8, 4) is 5.75 Å². The van der Waals surface area contributed by atoms with Crippen molar-refractivity contribution >= 4 is 5.78 Å². The lowest BCUT2D eigenvalue weighted by Crippen LogP contribution is -2.59. The number of rotatable bonds is 4. The summed E-state index contributed by atoms with van der Waals surface area (Å²) in [6.45, 7) is 2.50. The van der Waals surface area contributed by atoms with E-state index in [4.69, 9.17) is 4.74 Å². The van der Waals surface area contributed by atoms with Crippen LogP contribution in [0.1, 0.15) is 81.8 Å². The van der Waals surface area contributed by atoms with E-state index in [9.17, 15) is 15.0 Å². The summed E-state index contributed by atoms with van der Waals surface area (Å²) in [6, 6.07) is 6.63. The fourth-order valence-electron chi connectivity index (χ4n) is 9.59. The highest BCUT2D eigenvalue weighted by Crippen LogP contribution is 2.73. The molecule has 0 amide bonds. The Bertz CT molecular complexity index is 1010. The minimum absolute atomic E-state index is 0.0913. The second kappa shape index (κ2) is 7.42. The average molecular weight is 451 g/mol. The van der Waals surface area contributed by atoms with E-state index in [-0.39, 0.29) is 17.4 Å². The van der Waals surface area contributed by atoms with Gasteiger partial charge in [-0.05, 0) is 122 Å². The number of carbonyl (C=O) groups is 1. The Kier molecular flexibility index (Phi) is 4.92.